The molecule has 3 aromatic rings. The molecule has 1 saturated heterocycles. The fourth-order valence-electron chi connectivity index (χ4n) is 3.43. The van der Waals surface area contributed by atoms with Crippen LogP contribution in [0.3, 0.4) is 0 Å². The Morgan fingerprint density at radius 3 is 3.00 bits per heavy atom. The number of amides is 1. The number of carbonyl (C=O) groups is 1. The number of rotatable bonds is 4. The Morgan fingerprint density at radius 1 is 1.32 bits per heavy atom. The van der Waals surface area contributed by atoms with Gasteiger partial charge in [0.1, 0.15) is 0 Å². The smallest absolute Gasteiger partial charge is 0.224 e. The van der Waals surface area contributed by atoms with Crippen molar-refractivity contribution in [1.82, 2.24) is 19.7 Å². The molecule has 4 rings (SSSR count). The van der Waals surface area contributed by atoms with Gasteiger partial charge in [-0.3, -0.25) is 9.48 Å². The number of fused-ring (bicyclic) bond motifs is 1. The largest absolute Gasteiger partial charge is 0.342 e. The molecule has 130 valence electrons. The van der Waals surface area contributed by atoms with Gasteiger partial charge in [-0.1, -0.05) is 12.1 Å². The molecule has 1 amide bonds. The van der Waals surface area contributed by atoms with Crippen molar-refractivity contribution < 1.29 is 4.79 Å². The average Bonchev–Trinajstić information content (AvgIpc) is 3.25. The van der Waals surface area contributed by atoms with Gasteiger partial charge in [-0.05, 0) is 38.0 Å². The molecule has 2 aromatic heterocycles. The number of carbonyl (C=O) groups excluding carboxylic acids is 1. The maximum Gasteiger partial charge on any atom is 0.224 e. The van der Waals surface area contributed by atoms with Gasteiger partial charge in [0, 0.05) is 38.2 Å². The maximum absolute atomic E-state index is 12.6. The highest BCUT2D eigenvalue weighted by molar-refractivity contribution is 7.18. The lowest BCUT2D eigenvalue weighted by atomic mass is 9.98. The fourth-order valence-corrected chi connectivity index (χ4v) is 4.52. The van der Waals surface area contributed by atoms with Crippen LogP contribution in [0.4, 0.5) is 0 Å². The summed E-state index contributed by atoms with van der Waals surface area (Å²) in [6.45, 7) is 4.26. The first-order valence-electron chi connectivity index (χ1n) is 8.82. The summed E-state index contributed by atoms with van der Waals surface area (Å²) in [6, 6.07) is 10.2. The Hall–Kier alpha value is -2.21. The molecular weight excluding hydrogens is 332 g/mol. The van der Waals surface area contributed by atoms with Crippen molar-refractivity contribution in [2.75, 3.05) is 13.1 Å². The van der Waals surface area contributed by atoms with Crippen LogP contribution in [0.2, 0.25) is 0 Å². The van der Waals surface area contributed by atoms with Crippen LogP contribution in [-0.2, 0) is 11.3 Å². The Balaban J connectivity index is 1.40. The molecule has 1 fully saturated rings. The number of hydrogen-bond acceptors (Lipinski definition) is 4. The van der Waals surface area contributed by atoms with E-state index in [2.05, 4.69) is 23.3 Å². The van der Waals surface area contributed by atoms with Gasteiger partial charge in [-0.25, -0.2) is 4.98 Å². The summed E-state index contributed by atoms with van der Waals surface area (Å²) < 4.78 is 3.08. The van der Waals surface area contributed by atoms with E-state index >= 15 is 0 Å². The minimum absolute atomic E-state index is 0.221. The molecule has 1 unspecified atom stereocenters. The topological polar surface area (TPSA) is 51.0 Å². The molecule has 0 N–H and O–H groups in total. The summed E-state index contributed by atoms with van der Waals surface area (Å²) in [4.78, 5) is 19.4. The summed E-state index contributed by atoms with van der Waals surface area (Å²) in [7, 11) is 0. The second-order valence-electron chi connectivity index (χ2n) is 6.67. The first-order chi connectivity index (χ1) is 12.2. The van der Waals surface area contributed by atoms with Crippen molar-refractivity contribution in [3.05, 3.63) is 47.2 Å². The number of piperidine rings is 1. The van der Waals surface area contributed by atoms with Crippen molar-refractivity contribution in [2.24, 2.45) is 0 Å². The number of para-hydroxylation sites is 1. The highest BCUT2D eigenvalue weighted by Gasteiger charge is 2.26. The van der Waals surface area contributed by atoms with Gasteiger partial charge in [0.05, 0.1) is 20.9 Å². The third-order valence-corrected chi connectivity index (χ3v) is 5.96. The zero-order chi connectivity index (χ0) is 17.2. The number of thiazole rings is 1. The minimum Gasteiger partial charge on any atom is -0.342 e. The number of aryl methyl sites for hydroxylation is 2. The predicted molar refractivity (Wildman–Crippen MR) is 99.8 cm³/mol. The molecular formula is C19H22N4OS. The lowest BCUT2D eigenvalue weighted by Gasteiger charge is -2.32. The molecule has 0 aliphatic carbocycles. The molecule has 3 heterocycles. The third-order valence-electron chi connectivity index (χ3n) is 4.76. The zero-order valence-electron chi connectivity index (χ0n) is 14.4. The van der Waals surface area contributed by atoms with Crippen LogP contribution in [0.25, 0.3) is 10.2 Å². The lowest BCUT2D eigenvalue weighted by molar-refractivity contribution is -0.132. The van der Waals surface area contributed by atoms with Crippen LogP contribution in [0.1, 0.15) is 35.9 Å². The van der Waals surface area contributed by atoms with Gasteiger partial charge in [-0.2, -0.15) is 5.10 Å². The number of aromatic nitrogens is 3. The van der Waals surface area contributed by atoms with Crippen molar-refractivity contribution >= 4 is 27.5 Å². The van der Waals surface area contributed by atoms with Crippen LogP contribution in [0.5, 0.6) is 0 Å². The second-order valence-corrected chi connectivity index (χ2v) is 7.73. The van der Waals surface area contributed by atoms with Gasteiger partial charge in [-0.15, -0.1) is 11.3 Å². The molecule has 6 heteroatoms. The molecule has 0 saturated carbocycles. The monoisotopic (exact) mass is 354 g/mol. The predicted octanol–water partition coefficient (Wildman–Crippen LogP) is 3.60. The zero-order valence-corrected chi connectivity index (χ0v) is 15.2. The van der Waals surface area contributed by atoms with Gasteiger partial charge in [0.15, 0.2) is 0 Å². The molecule has 5 nitrogen and oxygen atoms in total. The van der Waals surface area contributed by atoms with Gasteiger partial charge < -0.3 is 4.90 Å². The van der Waals surface area contributed by atoms with E-state index in [0.717, 1.165) is 37.1 Å². The standard InChI is InChI=1S/C19H22N4OS/c1-14-8-11-23(21-14)12-9-18(24)22-10-4-5-15(13-22)19-20-16-6-2-3-7-17(16)25-19/h2-3,6-8,11,15H,4-5,9-10,12-13H2,1H3. The van der Waals surface area contributed by atoms with Crippen molar-refractivity contribution in [3.63, 3.8) is 0 Å². The van der Waals surface area contributed by atoms with Gasteiger partial charge in [0.2, 0.25) is 5.91 Å². The van der Waals surface area contributed by atoms with Crippen molar-refractivity contribution in [3.8, 4) is 0 Å². The van der Waals surface area contributed by atoms with Gasteiger partial charge in [0.25, 0.3) is 0 Å². The summed E-state index contributed by atoms with van der Waals surface area (Å²) in [6.07, 6.45) is 4.60. The molecule has 1 aliphatic heterocycles. The first kappa shape index (κ1) is 16.3. The Labute approximate surface area is 151 Å². The second kappa shape index (κ2) is 6.96. The van der Waals surface area contributed by atoms with Crippen LogP contribution in [-0.4, -0.2) is 38.7 Å². The Morgan fingerprint density at radius 2 is 2.20 bits per heavy atom. The van der Waals surface area contributed by atoms with Crippen LogP contribution < -0.4 is 0 Å². The first-order valence-corrected chi connectivity index (χ1v) is 9.64. The summed E-state index contributed by atoms with van der Waals surface area (Å²) >= 11 is 1.77. The molecule has 0 spiro atoms. The SMILES string of the molecule is Cc1ccn(CCC(=O)N2CCCC(c3nc4ccccc4s3)C2)n1. The third kappa shape index (κ3) is 3.58. The van der Waals surface area contributed by atoms with E-state index in [4.69, 9.17) is 4.98 Å². The van der Waals surface area contributed by atoms with E-state index in [-0.39, 0.29) is 5.91 Å². The molecule has 1 atom stereocenters. The van der Waals surface area contributed by atoms with E-state index < -0.39 is 0 Å². The summed E-state index contributed by atoms with van der Waals surface area (Å²) in [5.74, 6) is 0.584. The number of likely N-dealkylation sites (tertiary alicyclic amines) is 1. The van der Waals surface area contributed by atoms with E-state index in [9.17, 15) is 4.79 Å². The molecule has 0 radical (unpaired) electrons. The van der Waals surface area contributed by atoms with Crippen LogP contribution in [0, 0.1) is 6.92 Å². The quantitative estimate of drug-likeness (QED) is 0.719. The number of nitrogens with zero attached hydrogens (tertiary/aromatic N) is 4. The highest BCUT2D eigenvalue weighted by Crippen LogP contribution is 2.33. The van der Waals surface area contributed by atoms with E-state index in [0.29, 0.717) is 18.9 Å². The molecule has 25 heavy (non-hydrogen) atoms. The lowest BCUT2D eigenvalue weighted by Crippen LogP contribution is -2.39. The highest BCUT2D eigenvalue weighted by atomic mass is 32.1. The number of hydrogen-bond donors (Lipinski definition) is 0. The van der Waals surface area contributed by atoms with E-state index in [1.807, 2.05) is 34.8 Å². The van der Waals surface area contributed by atoms with E-state index in [1.54, 1.807) is 11.3 Å². The van der Waals surface area contributed by atoms with E-state index in [1.165, 1.54) is 9.71 Å². The summed E-state index contributed by atoms with van der Waals surface area (Å²) in [5, 5.41) is 5.52. The van der Waals surface area contributed by atoms with Crippen LogP contribution >= 0.6 is 11.3 Å². The number of benzene rings is 1. The van der Waals surface area contributed by atoms with Gasteiger partial charge >= 0.3 is 0 Å². The average molecular weight is 354 g/mol. The maximum atomic E-state index is 12.6. The Bertz CT molecular complexity index is 851. The molecule has 0 bridgehead atoms. The molecule has 1 aromatic carbocycles. The van der Waals surface area contributed by atoms with Crippen molar-refractivity contribution in [1.29, 1.82) is 0 Å². The Kier molecular flexibility index (Phi) is 4.53. The summed E-state index contributed by atoms with van der Waals surface area (Å²) in [5.41, 5.74) is 2.06. The van der Waals surface area contributed by atoms with Crippen LogP contribution in [0.15, 0.2) is 36.5 Å². The molecule has 1 aliphatic rings. The normalized spacial score (nSPS) is 18.0. The van der Waals surface area contributed by atoms with Crippen molar-refractivity contribution in [2.45, 2.75) is 38.6 Å². The fraction of sp³-hybridized carbons (Fsp3) is 0.421. The minimum atomic E-state index is 0.221.